The molecular formula is C15H19NO3. The standard InChI is InChI=1S/C15H19NO3/c1-3-4-11-5-7-13(8-6-11)16-10-12(9-14(16)17)15(18)19-2/h5-8,12H,3-4,9-10H2,1-2H3. The summed E-state index contributed by atoms with van der Waals surface area (Å²) in [5.74, 6) is -0.662. The highest BCUT2D eigenvalue weighted by molar-refractivity contribution is 5.99. The fourth-order valence-electron chi connectivity index (χ4n) is 2.41. The number of carbonyl (C=O) groups excluding carboxylic acids is 2. The molecule has 1 amide bonds. The van der Waals surface area contributed by atoms with Crippen molar-refractivity contribution in [3.63, 3.8) is 0 Å². The number of hydrogen-bond donors (Lipinski definition) is 0. The first kappa shape index (κ1) is 13.6. The van der Waals surface area contributed by atoms with Gasteiger partial charge in [0.25, 0.3) is 0 Å². The van der Waals surface area contributed by atoms with Crippen LogP contribution in [0.1, 0.15) is 25.3 Å². The lowest BCUT2D eigenvalue weighted by molar-refractivity contribution is -0.145. The molecule has 2 rings (SSSR count). The van der Waals surface area contributed by atoms with Crippen molar-refractivity contribution in [3.8, 4) is 0 Å². The highest BCUT2D eigenvalue weighted by atomic mass is 16.5. The van der Waals surface area contributed by atoms with Gasteiger partial charge in [-0.3, -0.25) is 9.59 Å². The average molecular weight is 261 g/mol. The molecule has 0 saturated carbocycles. The number of rotatable bonds is 4. The summed E-state index contributed by atoms with van der Waals surface area (Å²) in [5, 5.41) is 0. The van der Waals surface area contributed by atoms with Crippen LogP contribution in [-0.4, -0.2) is 25.5 Å². The van der Waals surface area contributed by atoms with E-state index in [4.69, 9.17) is 4.74 Å². The Bertz CT molecular complexity index is 467. The molecule has 1 atom stereocenters. The molecule has 4 nitrogen and oxygen atoms in total. The van der Waals surface area contributed by atoms with Crippen LogP contribution in [-0.2, 0) is 20.7 Å². The number of nitrogens with zero attached hydrogens (tertiary/aromatic N) is 1. The second-order valence-corrected chi connectivity index (χ2v) is 4.84. The van der Waals surface area contributed by atoms with E-state index in [9.17, 15) is 9.59 Å². The van der Waals surface area contributed by atoms with Gasteiger partial charge in [0.05, 0.1) is 13.0 Å². The molecule has 1 aromatic carbocycles. The van der Waals surface area contributed by atoms with Gasteiger partial charge in [-0.25, -0.2) is 0 Å². The van der Waals surface area contributed by atoms with Gasteiger partial charge in [-0.05, 0) is 24.1 Å². The number of ether oxygens (including phenoxy) is 1. The Balaban J connectivity index is 2.09. The van der Waals surface area contributed by atoms with E-state index in [-0.39, 0.29) is 24.2 Å². The fraction of sp³-hybridized carbons (Fsp3) is 0.467. The maximum atomic E-state index is 11.9. The van der Waals surface area contributed by atoms with Gasteiger partial charge in [0, 0.05) is 18.7 Å². The van der Waals surface area contributed by atoms with Crippen molar-refractivity contribution in [2.75, 3.05) is 18.6 Å². The predicted octanol–water partition coefficient (Wildman–Crippen LogP) is 2.17. The molecule has 0 N–H and O–H groups in total. The second kappa shape index (κ2) is 5.87. The van der Waals surface area contributed by atoms with E-state index in [2.05, 4.69) is 6.92 Å². The van der Waals surface area contributed by atoms with Crippen LogP contribution < -0.4 is 4.90 Å². The van der Waals surface area contributed by atoms with Crippen LogP contribution in [0.5, 0.6) is 0 Å². The molecule has 0 aromatic heterocycles. The predicted molar refractivity (Wildman–Crippen MR) is 72.9 cm³/mol. The van der Waals surface area contributed by atoms with Gasteiger partial charge in [-0.1, -0.05) is 25.5 Å². The topological polar surface area (TPSA) is 46.6 Å². The first-order valence-corrected chi connectivity index (χ1v) is 6.62. The van der Waals surface area contributed by atoms with E-state index < -0.39 is 0 Å². The molecule has 0 bridgehead atoms. The minimum absolute atomic E-state index is 0.0151. The van der Waals surface area contributed by atoms with Crippen LogP contribution in [0.2, 0.25) is 0 Å². The summed E-state index contributed by atoms with van der Waals surface area (Å²) in [6.45, 7) is 2.55. The third-order valence-corrected chi connectivity index (χ3v) is 3.45. The van der Waals surface area contributed by atoms with Crippen LogP contribution >= 0.6 is 0 Å². The Morgan fingerprint density at radius 3 is 2.63 bits per heavy atom. The molecule has 1 aliphatic rings. The normalized spacial score (nSPS) is 18.7. The SMILES string of the molecule is CCCc1ccc(N2CC(C(=O)OC)CC2=O)cc1. The zero-order valence-electron chi connectivity index (χ0n) is 11.4. The smallest absolute Gasteiger partial charge is 0.311 e. The molecule has 102 valence electrons. The number of aryl methyl sites for hydroxylation is 1. The Kier molecular flexibility index (Phi) is 4.20. The van der Waals surface area contributed by atoms with Crippen molar-refractivity contribution >= 4 is 17.6 Å². The molecule has 1 fully saturated rings. The van der Waals surface area contributed by atoms with Gasteiger partial charge in [-0.2, -0.15) is 0 Å². The summed E-state index contributed by atoms with van der Waals surface area (Å²) in [6.07, 6.45) is 2.38. The number of methoxy groups -OCH3 is 1. The molecular weight excluding hydrogens is 242 g/mol. The Morgan fingerprint density at radius 2 is 2.05 bits per heavy atom. The van der Waals surface area contributed by atoms with E-state index in [1.54, 1.807) is 4.90 Å². The van der Waals surface area contributed by atoms with Crippen LogP contribution in [0.15, 0.2) is 24.3 Å². The Hall–Kier alpha value is -1.84. The molecule has 1 aromatic rings. The molecule has 0 aliphatic carbocycles. The number of hydrogen-bond acceptors (Lipinski definition) is 3. The van der Waals surface area contributed by atoms with Crippen molar-refractivity contribution in [2.45, 2.75) is 26.2 Å². The van der Waals surface area contributed by atoms with Crippen LogP contribution in [0.25, 0.3) is 0 Å². The third-order valence-electron chi connectivity index (χ3n) is 3.45. The zero-order chi connectivity index (χ0) is 13.8. The van der Waals surface area contributed by atoms with Crippen molar-refractivity contribution in [3.05, 3.63) is 29.8 Å². The summed E-state index contributed by atoms with van der Waals surface area (Å²) in [6, 6.07) is 7.97. The quantitative estimate of drug-likeness (QED) is 0.780. The molecule has 4 heteroatoms. The minimum atomic E-state index is -0.340. The van der Waals surface area contributed by atoms with Gasteiger partial charge in [0.2, 0.25) is 5.91 Å². The molecule has 1 heterocycles. The number of esters is 1. The lowest BCUT2D eigenvalue weighted by Gasteiger charge is -2.16. The monoisotopic (exact) mass is 261 g/mol. The van der Waals surface area contributed by atoms with E-state index >= 15 is 0 Å². The first-order chi connectivity index (χ1) is 9.15. The summed E-state index contributed by atoms with van der Waals surface area (Å²) >= 11 is 0. The zero-order valence-corrected chi connectivity index (χ0v) is 11.4. The maximum absolute atomic E-state index is 11.9. The minimum Gasteiger partial charge on any atom is -0.469 e. The molecule has 0 spiro atoms. The highest BCUT2D eigenvalue weighted by Gasteiger charge is 2.35. The summed E-state index contributed by atoms with van der Waals surface area (Å²) in [7, 11) is 1.36. The summed E-state index contributed by atoms with van der Waals surface area (Å²) < 4.78 is 4.70. The average Bonchev–Trinajstić information content (AvgIpc) is 2.81. The lowest BCUT2D eigenvalue weighted by atomic mass is 10.1. The van der Waals surface area contributed by atoms with Gasteiger partial charge < -0.3 is 9.64 Å². The summed E-state index contributed by atoms with van der Waals surface area (Å²) in [4.78, 5) is 25.1. The van der Waals surface area contributed by atoms with E-state index in [1.165, 1.54) is 12.7 Å². The molecule has 1 unspecified atom stereocenters. The van der Waals surface area contributed by atoms with E-state index in [0.29, 0.717) is 6.54 Å². The maximum Gasteiger partial charge on any atom is 0.311 e. The molecule has 19 heavy (non-hydrogen) atoms. The number of anilines is 1. The van der Waals surface area contributed by atoms with Crippen LogP contribution in [0.4, 0.5) is 5.69 Å². The number of carbonyl (C=O) groups is 2. The van der Waals surface area contributed by atoms with Crippen LogP contribution in [0.3, 0.4) is 0 Å². The van der Waals surface area contributed by atoms with Gasteiger partial charge in [-0.15, -0.1) is 0 Å². The molecule has 0 radical (unpaired) electrons. The molecule has 1 aliphatic heterocycles. The number of benzene rings is 1. The van der Waals surface area contributed by atoms with E-state index in [1.807, 2.05) is 24.3 Å². The van der Waals surface area contributed by atoms with Gasteiger partial charge in [0.1, 0.15) is 0 Å². The Labute approximate surface area is 113 Å². The molecule has 1 saturated heterocycles. The Morgan fingerprint density at radius 1 is 1.37 bits per heavy atom. The fourth-order valence-corrected chi connectivity index (χ4v) is 2.41. The largest absolute Gasteiger partial charge is 0.469 e. The number of amides is 1. The van der Waals surface area contributed by atoms with Crippen molar-refractivity contribution in [2.24, 2.45) is 5.92 Å². The third kappa shape index (κ3) is 2.95. The van der Waals surface area contributed by atoms with E-state index in [0.717, 1.165) is 18.5 Å². The van der Waals surface area contributed by atoms with Gasteiger partial charge in [0.15, 0.2) is 0 Å². The first-order valence-electron chi connectivity index (χ1n) is 6.62. The summed E-state index contributed by atoms with van der Waals surface area (Å²) in [5.41, 5.74) is 2.12. The highest BCUT2D eigenvalue weighted by Crippen LogP contribution is 2.26. The van der Waals surface area contributed by atoms with Crippen molar-refractivity contribution in [1.29, 1.82) is 0 Å². The van der Waals surface area contributed by atoms with Crippen molar-refractivity contribution in [1.82, 2.24) is 0 Å². The second-order valence-electron chi connectivity index (χ2n) is 4.84. The van der Waals surface area contributed by atoms with Crippen molar-refractivity contribution < 1.29 is 14.3 Å². The van der Waals surface area contributed by atoms with Gasteiger partial charge >= 0.3 is 5.97 Å². The van der Waals surface area contributed by atoms with Crippen LogP contribution in [0, 0.1) is 5.92 Å². The lowest BCUT2D eigenvalue weighted by Crippen LogP contribution is -2.26.